The Hall–Kier alpha value is -0.160. The molecular weight excluding hydrogens is 218 g/mol. The van der Waals surface area contributed by atoms with E-state index in [1.54, 1.807) is 0 Å². The van der Waals surface area contributed by atoms with Crippen LogP contribution in [-0.4, -0.2) is 60.7 Å². The Morgan fingerprint density at radius 3 is 2.35 bits per heavy atom. The molecule has 0 radical (unpaired) electrons. The van der Waals surface area contributed by atoms with Gasteiger partial charge in [0.1, 0.15) is 0 Å². The number of rotatable bonds is 6. The van der Waals surface area contributed by atoms with Crippen LogP contribution in [0.2, 0.25) is 0 Å². The van der Waals surface area contributed by atoms with Gasteiger partial charge < -0.3 is 14.9 Å². The minimum atomic E-state index is 0.00299. The van der Waals surface area contributed by atoms with Crippen molar-refractivity contribution in [2.24, 2.45) is 5.41 Å². The topological polar surface area (TPSA) is 52.9 Å². The number of hydrogen-bond acceptors (Lipinski definition) is 4. The van der Waals surface area contributed by atoms with Gasteiger partial charge in [0.25, 0.3) is 0 Å². The number of nitrogens with zero attached hydrogens (tertiary/aromatic N) is 1. The maximum absolute atomic E-state index is 9.69. The highest BCUT2D eigenvalue weighted by atomic mass is 16.5. The molecule has 0 aromatic carbocycles. The Kier molecular flexibility index (Phi) is 4.79. The van der Waals surface area contributed by atoms with Gasteiger partial charge in [0.15, 0.2) is 0 Å². The lowest BCUT2D eigenvalue weighted by molar-refractivity contribution is -0.0492. The molecule has 17 heavy (non-hydrogen) atoms. The SMILES string of the molecule is OCCN(CC1(CO)CCOCC1)C1CCC1. The van der Waals surface area contributed by atoms with Crippen LogP contribution in [0.3, 0.4) is 0 Å². The molecule has 100 valence electrons. The smallest absolute Gasteiger partial charge is 0.0558 e. The first kappa shape index (κ1) is 13.3. The Bertz CT molecular complexity index is 225. The molecule has 1 saturated carbocycles. The highest BCUT2D eigenvalue weighted by molar-refractivity contribution is 4.89. The quantitative estimate of drug-likeness (QED) is 0.718. The molecule has 1 aliphatic carbocycles. The zero-order chi connectivity index (χ0) is 12.1. The number of aliphatic hydroxyl groups excluding tert-OH is 2. The van der Waals surface area contributed by atoms with Crippen LogP contribution in [0, 0.1) is 5.41 Å². The molecule has 0 atom stereocenters. The molecule has 0 unspecified atom stereocenters. The van der Waals surface area contributed by atoms with Crippen molar-refractivity contribution in [2.45, 2.75) is 38.1 Å². The van der Waals surface area contributed by atoms with Gasteiger partial charge in [-0.1, -0.05) is 6.42 Å². The summed E-state index contributed by atoms with van der Waals surface area (Å²) in [5, 5.41) is 18.8. The van der Waals surface area contributed by atoms with Crippen LogP contribution in [0.25, 0.3) is 0 Å². The Morgan fingerprint density at radius 2 is 1.88 bits per heavy atom. The van der Waals surface area contributed by atoms with Gasteiger partial charge in [-0.2, -0.15) is 0 Å². The van der Waals surface area contributed by atoms with E-state index in [-0.39, 0.29) is 18.6 Å². The third-order valence-corrected chi connectivity index (χ3v) is 4.41. The number of ether oxygens (including phenoxy) is 1. The average molecular weight is 243 g/mol. The number of hydrogen-bond donors (Lipinski definition) is 2. The van der Waals surface area contributed by atoms with Crippen molar-refractivity contribution in [1.29, 1.82) is 0 Å². The van der Waals surface area contributed by atoms with Gasteiger partial charge in [0.05, 0.1) is 13.2 Å². The molecule has 2 aliphatic rings. The van der Waals surface area contributed by atoms with Gasteiger partial charge in [-0.15, -0.1) is 0 Å². The zero-order valence-electron chi connectivity index (χ0n) is 10.6. The summed E-state index contributed by atoms with van der Waals surface area (Å²) in [6, 6.07) is 0.633. The van der Waals surface area contributed by atoms with Crippen molar-refractivity contribution in [1.82, 2.24) is 4.90 Å². The predicted molar refractivity (Wildman–Crippen MR) is 65.9 cm³/mol. The van der Waals surface area contributed by atoms with Crippen LogP contribution < -0.4 is 0 Å². The molecule has 1 saturated heterocycles. The summed E-state index contributed by atoms with van der Waals surface area (Å²) in [5.41, 5.74) is 0.00299. The second-order valence-electron chi connectivity index (χ2n) is 5.55. The second-order valence-corrected chi connectivity index (χ2v) is 5.55. The fourth-order valence-corrected chi connectivity index (χ4v) is 2.87. The summed E-state index contributed by atoms with van der Waals surface area (Å²) >= 11 is 0. The van der Waals surface area contributed by atoms with E-state index in [0.717, 1.165) is 39.1 Å². The third-order valence-electron chi connectivity index (χ3n) is 4.41. The van der Waals surface area contributed by atoms with E-state index >= 15 is 0 Å². The van der Waals surface area contributed by atoms with Crippen LogP contribution in [0.15, 0.2) is 0 Å². The fraction of sp³-hybridized carbons (Fsp3) is 1.00. The van der Waals surface area contributed by atoms with E-state index < -0.39 is 0 Å². The zero-order valence-corrected chi connectivity index (χ0v) is 10.6. The van der Waals surface area contributed by atoms with Crippen LogP contribution in [0.5, 0.6) is 0 Å². The van der Waals surface area contributed by atoms with Crippen molar-refractivity contribution in [2.75, 3.05) is 39.5 Å². The predicted octanol–water partition coefficient (Wildman–Crippen LogP) is 0.622. The minimum absolute atomic E-state index is 0.00299. The lowest BCUT2D eigenvalue weighted by atomic mass is 9.79. The number of aliphatic hydroxyl groups is 2. The monoisotopic (exact) mass is 243 g/mol. The van der Waals surface area contributed by atoms with E-state index in [4.69, 9.17) is 9.84 Å². The van der Waals surface area contributed by atoms with Gasteiger partial charge in [-0.3, -0.25) is 4.90 Å². The summed E-state index contributed by atoms with van der Waals surface area (Å²) in [5.74, 6) is 0. The summed E-state index contributed by atoms with van der Waals surface area (Å²) < 4.78 is 5.39. The molecule has 4 nitrogen and oxygen atoms in total. The van der Waals surface area contributed by atoms with Crippen molar-refractivity contribution in [3.8, 4) is 0 Å². The van der Waals surface area contributed by atoms with Gasteiger partial charge in [-0.25, -0.2) is 0 Å². The molecule has 0 spiro atoms. The van der Waals surface area contributed by atoms with E-state index in [2.05, 4.69) is 4.90 Å². The molecule has 0 bridgehead atoms. The average Bonchev–Trinajstić information content (AvgIpc) is 2.28. The molecular formula is C13H25NO3. The largest absolute Gasteiger partial charge is 0.396 e. The van der Waals surface area contributed by atoms with Crippen LogP contribution in [0.4, 0.5) is 0 Å². The van der Waals surface area contributed by atoms with Crippen molar-refractivity contribution in [3.05, 3.63) is 0 Å². The van der Waals surface area contributed by atoms with Gasteiger partial charge >= 0.3 is 0 Å². The summed E-state index contributed by atoms with van der Waals surface area (Å²) in [6.07, 6.45) is 5.69. The first-order valence-corrected chi connectivity index (χ1v) is 6.83. The lowest BCUT2D eigenvalue weighted by Gasteiger charge is -2.45. The first-order chi connectivity index (χ1) is 8.29. The minimum Gasteiger partial charge on any atom is -0.396 e. The standard InChI is InChI=1S/C13H25NO3/c15-7-6-14(12-2-1-3-12)10-13(11-16)4-8-17-9-5-13/h12,15-16H,1-11H2. The summed E-state index contributed by atoms with van der Waals surface area (Å²) in [4.78, 5) is 2.38. The third kappa shape index (κ3) is 3.19. The summed E-state index contributed by atoms with van der Waals surface area (Å²) in [7, 11) is 0. The molecule has 2 fully saturated rings. The van der Waals surface area contributed by atoms with Crippen molar-refractivity contribution < 1.29 is 14.9 Å². The molecule has 0 amide bonds. The van der Waals surface area contributed by atoms with Crippen LogP contribution >= 0.6 is 0 Å². The fourth-order valence-electron chi connectivity index (χ4n) is 2.87. The molecule has 2 rings (SSSR count). The molecule has 1 aliphatic heterocycles. The Balaban J connectivity index is 1.93. The first-order valence-electron chi connectivity index (χ1n) is 6.83. The molecule has 0 aromatic heterocycles. The van der Waals surface area contributed by atoms with Gasteiger partial charge in [0, 0.05) is 37.8 Å². The molecule has 1 heterocycles. The molecule has 2 N–H and O–H groups in total. The van der Waals surface area contributed by atoms with Gasteiger partial charge in [0.2, 0.25) is 0 Å². The highest BCUT2D eigenvalue weighted by Crippen LogP contribution is 2.34. The molecule has 4 heteroatoms. The Labute approximate surface area is 104 Å². The second kappa shape index (κ2) is 6.14. The lowest BCUT2D eigenvalue weighted by Crippen LogP contribution is -2.50. The van der Waals surface area contributed by atoms with E-state index in [9.17, 15) is 5.11 Å². The van der Waals surface area contributed by atoms with Crippen LogP contribution in [-0.2, 0) is 4.74 Å². The van der Waals surface area contributed by atoms with Gasteiger partial charge in [-0.05, 0) is 25.7 Å². The maximum Gasteiger partial charge on any atom is 0.0558 e. The van der Waals surface area contributed by atoms with E-state index in [1.165, 1.54) is 19.3 Å². The van der Waals surface area contributed by atoms with Crippen molar-refractivity contribution in [3.63, 3.8) is 0 Å². The maximum atomic E-state index is 9.69. The van der Waals surface area contributed by atoms with Crippen LogP contribution in [0.1, 0.15) is 32.1 Å². The summed E-state index contributed by atoms with van der Waals surface area (Å²) in [6.45, 7) is 3.64. The van der Waals surface area contributed by atoms with Crippen molar-refractivity contribution >= 4 is 0 Å². The van der Waals surface area contributed by atoms with E-state index in [0.29, 0.717) is 6.04 Å². The molecule has 0 aromatic rings. The van der Waals surface area contributed by atoms with E-state index in [1.807, 2.05) is 0 Å². The Morgan fingerprint density at radius 1 is 1.18 bits per heavy atom. The highest BCUT2D eigenvalue weighted by Gasteiger charge is 2.36. The normalized spacial score (nSPS) is 24.9.